The predicted octanol–water partition coefficient (Wildman–Crippen LogP) is 2.82. The van der Waals surface area contributed by atoms with Crippen LogP contribution in [0.3, 0.4) is 0 Å². The highest BCUT2D eigenvalue weighted by Gasteiger charge is 2.40. The molecule has 110 valence electrons. The molecule has 0 unspecified atom stereocenters. The lowest BCUT2D eigenvalue weighted by Crippen LogP contribution is -2.34. The average molecular weight is 297 g/mol. The van der Waals surface area contributed by atoms with Crippen molar-refractivity contribution >= 4 is 17.1 Å². The first kappa shape index (κ1) is 15.6. The van der Waals surface area contributed by atoms with E-state index in [-0.39, 0.29) is 0 Å². The Bertz CT molecular complexity index is 538. The highest BCUT2D eigenvalue weighted by atomic mass is 19.3. The number of nitrogens with one attached hydrogen (secondary N) is 1. The quantitative estimate of drug-likeness (QED) is 0.494. The number of hydrogen-bond donors (Lipinski definition) is 1. The van der Waals surface area contributed by atoms with Crippen LogP contribution in [-0.4, -0.2) is 28.7 Å². The van der Waals surface area contributed by atoms with Gasteiger partial charge in [-0.1, -0.05) is 0 Å². The Balaban J connectivity index is 3.01. The molecule has 1 N–H and O–H groups in total. The summed E-state index contributed by atoms with van der Waals surface area (Å²) in [5.74, 6) is -4.38. The van der Waals surface area contributed by atoms with E-state index in [2.05, 4.69) is 0 Å². The lowest BCUT2D eigenvalue weighted by Gasteiger charge is -2.16. The van der Waals surface area contributed by atoms with Crippen molar-refractivity contribution in [2.45, 2.75) is 12.3 Å². The van der Waals surface area contributed by atoms with Crippen molar-refractivity contribution < 1.29 is 27.4 Å². The van der Waals surface area contributed by atoms with E-state index >= 15 is 0 Å². The van der Waals surface area contributed by atoms with Gasteiger partial charge in [-0.25, -0.2) is 8.78 Å². The van der Waals surface area contributed by atoms with Crippen LogP contribution in [0.1, 0.15) is 0 Å². The number of nitro benzene ring substituents is 2. The zero-order chi connectivity index (χ0) is 15.5. The minimum Gasteiger partial charge on any atom is -0.373 e. The third kappa shape index (κ3) is 3.52. The Morgan fingerprint density at radius 3 is 2.25 bits per heavy atom. The van der Waals surface area contributed by atoms with Gasteiger partial charge < -0.3 is 5.32 Å². The van der Waals surface area contributed by atoms with Crippen molar-refractivity contribution in [3.8, 4) is 0 Å². The summed E-state index contributed by atoms with van der Waals surface area (Å²) in [6.07, 6.45) is -3.94. The minimum atomic E-state index is -4.38. The Morgan fingerprint density at radius 1 is 1.20 bits per heavy atom. The molecule has 0 atom stereocenters. The predicted molar refractivity (Wildman–Crippen MR) is 59.2 cm³/mol. The van der Waals surface area contributed by atoms with Crippen molar-refractivity contribution in [1.82, 2.24) is 0 Å². The topological polar surface area (TPSA) is 98.3 Å². The van der Waals surface area contributed by atoms with E-state index in [9.17, 15) is 37.8 Å². The molecule has 1 aromatic carbocycles. The molecule has 0 aliphatic rings. The Morgan fingerprint density at radius 2 is 1.80 bits per heavy atom. The van der Waals surface area contributed by atoms with E-state index < -0.39 is 45.8 Å². The van der Waals surface area contributed by atoms with Crippen LogP contribution in [0.5, 0.6) is 0 Å². The molecular weight excluding hydrogens is 290 g/mol. The number of non-ortho nitro benzene ring substituents is 1. The van der Waals surface area contributed by atoms with Gasteiger partial charge in [-0.2, -0.15) is 8.78 Å². The summed E-state index contributed by atoms with van der Waals surface area (Å²) in [6.45, 7) is -1.54. The van der Waals surface area contributed by atoms with Gasteiger partial charge in [0.1, 0.15) is 5.69 Å². The largest absolute Gasteiger partial charge is 0.373 e. The van der Waals surface area contributed by atoms with Gasteiger partial charge in [0.25, 0.3) is 11.4 Å². The van der Waals surface area contributed by atoms with Crippen LogP contribution < -0.4 is 5.32 Å². The highest BCUT2D eigenvalue weighted by Crippen LogP contribution is 2.30. The van der Waals surface area contributed by atoms with Crippen LogP contribution in [0.4, 0.5) is 34.6 Å². The summed E-state index contributed by atoms with van der Waals surface area (Å²) in [5, 5.41) is 22.9. The molecular formula is C9H7F4N3O4. The lowest BCUT2D eigenvalue weighted by atomic mass is 10.2. The Labute approximate surface area is 108 Å². The van der Waals surface area contributed by atoms with E-state index in [0.717, 1.165) is 12.1 Å². The van der Waals surface area contributed by atoms with E-state index in [4.69, 9.17) is 0 Å². The van der Waals surface area contributed by atoms with Crippen LogP contribution in [-0.2, 0) is 0 Å². The number of halogens is 4. The van der Waals surface area contributed by atoms with Crippen LogP contribution in [0, 0.1) is 20.2 Å². The molecule has 0 fully saturated rings. The SMILES string of the molecule is O=[N+]([O-])c1ccc(NCC(F)(F)C(F)F)c([N+](=O)[O-])c1. The number of hydrogen-bond acceptors (Lipinski definition) is 5. The van der Waals surface area contributed by atoms with Gasteiger partial charge in [-0.3, -0.25) is 20.2 Å². The molecule has 7 nitrogen and oxygen atoms in total. The maximum atomic E-state index is 12.7. The second kappa shape index (κ2) is 5.67. The third-order valence-corrected chi connectivity index (χ3v) is 2.22. The second-order valence-corrected chi connectivity index (χ2v) is 3.63. The molecule has 0 aromatic heterocycles. The highest BCUT2D eigenvalue weighted by molar-refractivity contribution is 5.65. The van der Waals surface area contributed by atoms with Crippen molar-refractivity contribution in [3.63, 3.8) is 0 Å². The summed E-state index contributed by atoms with van der Waals surface area (Å²) < 4.78 is 49.2. The van der Waals surface area contributed by atoms with Crippen LogP contribution in [0.2, 0.25) is 0 Å². The normalized spacial score (nSPS) is 11.4. The first-order chi connectivity index (χ1) is 9.15. The smallest absolute Gasteiger partial charge is 0.324 e. The zero-order valence-corrected chi connectivity index (χ0v) is 9.56. The van der Waals surface area contributed by atoms with Crippen LogP contribution in [0.25, 0.3) is 0 Å². The zero-order valence-electron chi connectivity index (χ0n) is 9.56. The average Bonchev–Trinajstić information content (AvgIpc) is 2.35. The Kier molecular flexibility index (Phi) is 4.42. The molecule has 11 heteroatoms. The Hall–Kier alpha value is -2.46. The van der Waals surface area contributed by atoms with E-state index in [1.807, 2.05) is 0 Å². The van der Waals surface area contributed by atoms with Gasteiger partial charge >= 0.3 is 12.3 Å². The van der Waals surface area contributed by atoms with E-state index in [1.165, 1.54) is 0 Å². The molecule has 20 heavy (non-hydrogen) atoms. The number of rotatable bonds is 6. The standard InChI is InChI=1S/C9H7F4N3O4/c10-8(11)9(12,13)4-14-6-2-1-5(15(17)18)3-7(6)16(19)20/h1-3,8,14H,4H2. The van der Waals surface area contributed by atoms with Crippen LogP contribution >= 0.6 is 0 Å². The van der Waals surface area contributed by atoms with Gasteiger partial charge in [-0.15, -0.1) is 0 Å². The number of alkyl halides is 4. The minimum absolute atomic E-state index is 0.513. The first-order valence-corrected chi connectivity index (χ1v) is 4.98. The van der Waals surface area contributed by atoms with Crippen LogP contribution in [0.15, 0.2) is 18.2 Å². The molecule has 1 aromatic rings. The summed E-state index contributed by atoms with van der Waals surface area (Å²) in [4.78, 5) is 19.1. The number of anilines is 1. The van der Waals surface area contributed by atoms with Crippen molar-refractivity contribution in [2.24, 2.45) is 0 Å². The fourth-order valence-corrected chi connectivity index (χ4v) is 1.22. The first-order valence-electron chi connectivity index (χ1n) is 4.98. The van der Waals surface area contributed by atoms with E-state index in [1.54, 1.807) is 5.32 Å². The molecule has 0 spiro atoms. The van der Waals surface area contributed by atoms with Gasteiger partial charge in [-0.05, 0) is 6.07 Å². The third-order valence-electron chi connectivity index (χ3n) is 2.22. The van der Waals surface area contributed by atoms with Gasteiger partial charge in [0, 0.05) is 6.07 Å². The van der Waals surface area contributed by atoms with Crippen molar-refractivity contribution in [1.29, 1.82) is 0 Å². The summed E-state index contributed by atoms with van der Waals surface area (Å²) >= 11 is 0. The van der Waals surface area contributed by atoms with Gasteiger partial charge in [0.05, 0.1) is 22.5 Å². The maximum Gasteiger partial charge on any atom is 0.324 e. The molecule has 1 rings (SSSR count). The molecule has 0 heterocycles. The number of nitrogens with zero attached hydrogens (tertiary/aromatic N) is 2. The van der Waals surface area contributed by atoms with Crippen molar-refractivity contribution in [3.05, 3.63) is 38.4 Å². The molecule has 0 saturated carbocycles. The second-order valence-electron chi connectivity index (χ2n) is 3.63. The van der Waals surface area contributed by atoms with Gasteiger partial charge in [0.2, 0.25) is 0 Å². The molecule has 0 bridgehead atoms. The summed E-state index contributed by atoms with van der Waals surface area (Å²) in [7, 11) is 0. The fraction of sp³-hybridized carbons (Fsp3) is 0.333. The molecule has 0 saturated heterocycles. The number of nitro groups is 2. The molecule has 0 radical (unpaired) electrons. The molecule has 0 aliphatic heterocycles. The van der Waals surface area contributed by atoms with E-state index in [0.29, 0.717) is 6.07 Å². The molecule has 0 aliphatic carbocycles. The summed E-state index contributed by atoms with van der Waals surface area (Å²) in [5.41, 5.74) is -1.99. The maximum absolute atomic E-state index is 12.7. The van der Waals surface area contributed by atoms with Crippen molar-refractivity contribution in [2.75, 3.05) is 11.9 Å². The van der Waals surface area contributed by atoms with Gasteiger partial charge in [0.15, 0.2) is 0 Å². The lowest BCUT2D eigenvalue weighted by molar-refractivity contribution is -0.393. The monoisotopic (exact) mass is 297 g/mol. The summed E-state index contributed by atoms with van der Waals surface area (Å²) in [6, 6.07) is 2.18. The molecule has 0 amide bonds. The fourth-order valence-electron chi connectivity index (χ4n) is 1.22. The number of benzene rings is 1.